The van der Waals surface area contributed by atoms with E-state index in [0.29, 0.717) is 24.2 Å². The Morgan fingerprint density at radius 1 is 1.03 bits per heavy atom. The van der Waals surface area contributed by atoms with Gasteiger partial charge in [-0.1, -0.05) is 39.0 Å². The Balaban J connectivity index is 2.22. The number of carbonyl (C=O) groups is 2. The zero-order chi connectivity index (χ0) is 27.8. The maximum atomic E-state index is 13.4. The van der Waals surface area contributed by atoms with Crippen LogP contribution in [-0.2, 0) is 26.2 Å². The van der Waals surface area contributed by atoms with Gasteiger partial charge in [0.05, 0.1) is 11.9 Å². The zero-order valence-electron chi connectivity index (χ0n) is 22.8. The normalized spacial score (nSPS) is 12.3. The molecule has 0 bridgehead atoms. The van der Waals surface area contributed by atoms with Gasteiger partial charge in [-0.3, -0.25) is 13.9 Å². The van der Waals surface area contributed by atoms with Crippen molar-refractivity contribution >= 4 is 27.5 Å². The van der Waals surface area contributed by atoms with Crippen LogP contribution in [0.3, 0.4) is 0 Å². The quantitative estimate of drug-likeness (QED) is 0.409. The topological polar surface area (TPSA) is 86.8 Å². The standard InChI is InChI=1S/C28H40FN3O4S/c1-7-26(28(34)30-18-20(2)3)31(19-23-11-13-24(29)14-12-23)27(33)9-8-16-32(37(6,35)36)25-15-10-21(4)22(5)17-25/h10-15,17,20,26H,7-9,16,18-19H2,1-6H3,(H,30,34)/t26-/m1/s1. The molecule has 0 heterocycles. The van der Waals surface area contributed by atoms with E-state index in [2.05, 4.69) is 5.32 Å². The van der Waals surface area contributed by atoms with Crippen LogP contribution in [0.1, 0.15) is 56.7 Å². The van der Waals surface area contributed by atoms with Crippen molar-refractivity contribution in [3.8, 4) is 0 Å². The molecule has 0 aliphatic carbocycles. The predicted molar refractivity (Wildman–Crippen MR) is 146 cm³/mol. The highest BCUT2D eigenvalue weighted by molar-refractivity contribution is 7.92. The molecule has 0 spiro atoms. The molecule has 0 radical (unpaired) electrons. The number of sulfonamides is 1. The Hall–Kier alpha value is -2.94. The van der Waals surface area contributed by atoms with Crippen LogP contribution < -0.4 is 9.62 Å². The van der Waals surface area contributed by atoms with Crippen LogP contribution in [0.2, 0.25) is 0 Å². The van der Waals surface area contributed by atoms with E-state index in [1.54, 1.807) is 18.2 Å². The SMILES string of the molecule is CC[C@H](C(=O)NCC(C)C)N(Cc1ccc(F)cc1)C(=O)CCCN(c1ccc(C)c(C)c1)S(C)(=O)=O. The molecule has 0 fully saturated rings. The van der Waals surface area contributed by atoms with Gasteiger partial charge in [0, 0.05) is 26.1 Å². The molecular weight excluding hydrogens is 493 g/mol. The second kappa shape index (κ2) is 13.6. The van der Waals surface area contributed by atoms with Crippen LogP contribution in [0, 0.1) is 25.6 Å². The summed E-state index contributed by atoms with van der Waals surface area (Å²) >= 11 is 0. The first-order valence-corrected chi connectivity index (χ1v) is 14.5. The fraction of sp³-hybridized carbons (Fsp3) is 0.500. The predicted octanol–water partition coefficient (Wildman–Crippen LogP) is 4.57. The van der Waals surface area contributed by atoms with Crippen molar-refractivity contribution in [2.24, 2.45) is 5.92 Å². The molecule has 0 unspecified atom stereocenters. The van der Waals surface area contributed by atoms with Crippen molar-refractivity contribution in [2.75, 3.05) is 23.7 Å². The molecule has 1 N–H and O–H groups in total. The molecule has 1 atom stereocenters. The largest absolute Gasteiger partial charge is 0.354 e. The average molecular weight is 534 g/mol. The van der Waals surface area contributed by atoms with Gasteiger partial charge in [0.15, 0.2) is 0 Å². The highest BCUT2D eigenvalue weighted by Gasteiger charge is 2.29. The second-order valence-electron chi connectivity index (χ2n) is 9.92. The number of benzene rings is 2. The number of amides is 2. The summed E-state index contributed by atoms with van der Waals surface area (Å²) in [5.74, 6) is -0.616. The van der Waals surface area contributed by atoms with E-state index >= 15 is 0 Å². The van der Waals surface area contributed by atoms with Crippen molar-refractivity contribution in [3.05, 3.63) is 65.0 Å². The van der Waals surface area contributed by atoms with E-state index in [1.165, 1.54) is 21.3 Å². The first-order chi connectivity index (χ1) is 17.3. The Morgan fingerprint density at radius 2 is 1.68 bits per heavy atom. The lowest BCUT2D eigenvalue weighted by Gasteiger charge is -2.31. The first-order valence-electron chi connectivity index (χ1n) is 12.7. The maximum absolute atomic E-state index is 13.4. The Morgan fingerprint density at radius 3 is 2.22 bits per heavy atom. The van der Waals surface area contributed by atoms with Gasteiger partial charge in [0.1, 0.15) is 11.9 Å². The summed E-state index contributed by atoms with van der Waals surface area (Å²) in [4.78, 5) is 27.9. The molecule has 0 saturated carbocycles. The van der Waals surface area contributed by atoms with Gasteiger partial charge >= 0.3 is 0 Å². The third-order valence-electron chi connectivity index (χ3n) is 6.27. The molecule has 2 aromatic rings. The summed E-state index contributed by atoms with van der Waals surface area (Å²) in [7, 11) is -3.56. The second-order valence-corrected chi connectivity index (χ2v) is 11.8. The molecule has 2 amide bonds. The van der Waals surface area contributed by atoms with Crippen LogP contribution in [0.15, 0.2) is 42.5 Å². The molecule has 37 heavy (non-hydrogen) atoms. The summed E-state index contributed by atoms with van der Waals surface area (Å²) in [5.41, 5.74) is 3.30. The summed E-state index contributed by atoms with van der Waals surface area (Å²) < 4.78 is 39.8. The lowest BCUT2D eigenvalue weighted by Crippen LogP contribution is -2.49. The Bertz CT molecular complexity index is 1170. The van der Waals surface area contributed by atoms with Crippen molar-refractivity contribution in [3.63, 3.8) is 0 Å². The maximum Gasteiger partial charge on any atom is 0.242 e. The molecule has 0 saturated heterocycles. The minimum Gasteiger partial charge on any atom is -0.354 e. The number of hydrogen-bond donors (Lipinski definition) is 1. The Kier molecular flexibility index (Phi) is 11.1. The van der Waals surface area contributed by atoms with Gasteiger partial charge in [-0.2, -0.15) is 0 Å². The fourth-order valence-corrected chi connectivity index (χ4v) is 4.97. The van der Waals surface area contributed by atoms with Crippen molar-refractivity contribution in [1.29, 1.82) is 0 Å². The monoisotopic (exact) mass is 533 g/mol. The van der Waals surface area contributed by atoms with E-state index in [1.807, 2.05) is 46.8 Å². The van der Waals surface area contributed by atoms with Crippen LogP contribution in [-0.4, -0.2) is 50.5 Å². The highest BCUT2D eigenvalue weighted by Crippen LogP contribution is 2.22. The number of anilines is 1. The summed E-state index contributed by atoms with van der Waals surface area (Å²) in [6.45, 7) is 10.5. The molecule has 2 aromatic carbocycles. The van der Waals surface area contributed by atoms with Gasteiger partial charge in [-0.25, -0.2) is 12.8 Å². The third-order valence-corrected chi connectivity index (χ3v) is 7.46. The number of nitrogens with zero attached hydrogens (tertiary/aromatic N) is 2. The van der Waals surface area contributed by atoms with E-state index in [0.717, 1.165) is 17.4 Å². The van der Waals surface area contributed by atoms with Crippen molar-refractivity contribution in [1.82, 2.24) is 10.2 Å². The van der Waals surface area contributed by atoms with Gasteiger partial charge in [-0.15, -0.1) is 0 Å². The van der Waals surface area contributed by atoms with E-state index < -0.39 is 16.1 Å². The summed E-state index contributed by atoms with van der Waals surface area (Å²) in [5, 5.41) is 2.91. The molecule has 0 aliphatic rings. The Labute approximate surface area is 221 Å². The zero-order valence-corrected chi connectivity index (χ0v) is 23.6. The van der Waals surface area contributed by atoms with Crippen LogP contribution in [0.25, 0.3) is 0 Å². The average Bonchev–Trinajstić information content (AvgIpc) is 2.82. The van der Waals surface area contributed by atoms with Crippen molar-refractivity contribution in [2.45, 2.75) is 66.5 Å². The van der Waals surface area contributed by atoms with E-state index in [-0.39, 0.29) is 49.5 Å². The summed E-state index contributed by atoms with van der Waals surface area (Å²) in [6.07, 6.45) is 1.90. The molecule has 0 aliphatic heterocycles. The third kappa shape index (κ3) is 9.14. The highest BCUT2D eigenvalue weighted by atomic mass is 32.2. The van der Waals surface area contributed by atoms with Crippen LogP contribution in [0.4, 0.5) is 10.1 Å². The number of aryl methyl sites for hydroxylation is 2. The molecular formula is C28H40FN3O4S. The number of hydrogen-bond acceptors (Lipinski definition) is 4. The van der Waals surface area contributed by atoms with Crippen LogP contribution >= 0.6 is 0 Å². The fourth-order valence-electron chi connectivity index (χ4n) is 4.01. The summed E-state index contributed by atoms with van der Waals surface area (Å²) in [6, 6.07) is 10.6. The van der Waals surface area contributed by atoms with Crippen molar-refractivity contribution < 1.29 is 22.4 Å². The van der Waals surface area contributed by atoms with Gasteiger partial charge < -0.3 is 10.2 Å². The van der Waals surface area contributed by atoms with Crippen LogP contribution in [0.5, 0.6) is 0 Å². The minimum absolute atomic E-state index is 0.0615. The number of nitrogens with one attached hydrogen (secondary N) is 1. The molecule has 2 rings (SSSR count). The van der Waals surface area contributed by atoms with Gasteiger partial charge in [-0.05, 0) is 73.6 Å². The molecule has 0 aromatic heterocycles. The number of rotatable bonds is 13. The minimum atomic E-state index is -3.56. The molecule has 9 heteroatoms. The molecule has 204 valence electrons. The molecule has 7 nitrogen and oxygen atoms in total. The number of halogens is 1. The van der Waals surface area contributed by atoms with E-state index in [9.17, 15) is 22.4 Å². The van der Waals surface area contributed by atoms with Gasteiger partial charge in [0.2, 0.25) is 21.8 Å². The number of carbonyl (C=O) groups excluding carboxylic acids is 2. The lowest BCUT2D eigenvalue weighted by molar-refractivity contribution is -0.141. The smallest absolute Gasteiger partial charge is 0.242 e. The lowest BCUT2D eigenvalue weighted by atomic mass is 10.1. The van der Waals surface area contributed by atoms with Gasteiger partial charge in [0.25, 0.3) is 0 Å². The first kappa shape index (κ1) is 30.3. The van der Waals surface area contributed by atoms with E-state index in [4.69, 9.17) is 0 Å².